The van der Waals surface area contributed by atoms with E-state index < -0.39 is 5.54 Å². The molecule has 1 aliphatic heterocycles. The molecule has 0 atom stereocenters. The molecular weight excluding hydrogens is 462 g/mol. The number of hydrogen-bond acceptors (Lipinski definition) is 8. The summed E-state index contributed by atoms with van der Waals surface area (Å²) < 4.78 is 1.18. The van der Waals surface area contributed by atoms with Gasteiger partial charge in [-0.15, -0.1) is 11.3 Å². The van der Waals surface area contributed by atoms with E-state index in [2.05, 4.69) is 55.2 Å². The Morgan fingerprint density at radius 3 is 2.63 bits per heavy atom. The summed E-state index contributed by atoms with van der Waals surface area (Å²) >= 11 is 1.67. The molecule has 0 radical (unpaired) electrons. The molecular formula is C25H25N7O2S. The first-order valence-electron chi connectivity index (χ1n) is 11.3. The van der Waals surface area contributed by atoms with E-state index >= 15 is 0 Å². The third-order valence-electron chi connectivity index (χ3n) is 5.98. The number of hydrogen-bond donors (Lipinski definition) is 3. The van der Waals surface area contributed by atoms with Crippen molar-refractivity contribution >= 4 is 45.0 Å². The maximum absolute atomic E-state index is 12.0. The van der Waals surface area contributed by atoms with Crippen LogP contribution in [0.2, 0.25) is 0 Å². The largest absolute Gasteiger partial charge is 0.381 e. The van der Waals surface area contributed by atoms with Gasteiger partial charge in [-0.2, -0.15) is 0 Å². The first-order valence-corrected chi connectivity index (χ1v) is 12.1. The van der Waals surface area contributed by atoms with Crippen molar-refractivity contribution in [2.75, 3.05) is 23.7 Å². The van der Waals surface area contributed by atoms with Gasteiger partial charge in [-0.3, -0.25) is 15.1 Å². The number of fused-ring (bicyclic) bond motifs is 1. The van der Waals surface area contributed by atoms with Gasteiger partial charge in [0.05, 0.1) is 10.6 Å². The highest BCUT2D eigenvalue weighted by molar-refractivity contribution is 7.22. The van der Waals surface area contributed by atoms with Crippen LogP contribution in [0.1, 0.15) is 19.4 Å². The highest BCUT2D eigenvalue weighted by Crippen LogP contribution is 2.34. The molecule has 178 valence electrons. The molecule has 0 unspecified atom stereocenters. The molecule has 3 N–H and O–H groups in total. The number of amides is 3. The zero-order valence-electron chi connectivity index (χ0n) is 19.4. The minimum absolute atomic E-state index is 0.291. The van der Waals surface area contributed by atoms with E-state index in [1.54, 1.807) is 43.8 Å². The van der Waals surface area contributed by atoms with E-state index in [-0.39, 0.29) is 11.9 Å². The lowest BCUT2D eigenvalue weighted by molar-refractivity contribution is -0.125. The molecule has 9 nitrogen and oxygen atoms in total. The van der Waals surface area contributed by atoms with Crippen molar-refractivity contribution in [2.45, 2.75) is 25.9 Å². The van der Waals surface area contributed by atoms with Crippen molar-refractivity contribution in [3.63, 3.8) is 0 Å². The van der Waals surface area contributed by atoms with Crippen LogP contribution in [0.15, 0.2) is 61.1 Å². The summed E-state index contributed by atoms with van der Waals surface area (Å²) in [6, 6.07) is 14.0. The van der Waals surface area contributed by atoms with Gasteiger partial charge in [0.2, 0.25) is 5.95 Å². The molecule has 0 aliphatic carbocycles. The number of carbonyl (C=O) groups excluding carboxylic acids is 2. The second-order valence-electron chi connectivity index (χ2n) is 8.73. The maximum atomic E-state index is 12.0. The van der Waals surface area contributed by atoms with Crippen LogP contribution in [0.25, 0.3) is 20.7 Å². The number of nitrogens with one attached hydrogen (secondary N) is 3. The van der Waals surface area contributed by atoms with Gasteiger partial charge < -0.3 is 15.5 Å². The Morgan fingerprint density at radius 1 is 1.03 bits per heavy atom. The molecule has 0 spiro atoms. The van der Waals surface area contributed by atoms with Crippen LogP contribution in [-0.4, -0.2) is 50.4 Å². The molecule has 1 fully saturated rings. The summed E-state index contributed by atoms with van der Waals surface area (Å²) in [5.41, 5.74) is 2.18. The van der Waals surface area contributed by atoms with Crippen molar-refractivity contribution in [2.24, 2.45) is 0 Å². The van der Waals surface area contributed by atoms with E-state index in [0.717, 1.165) is 28.2 Å². The van der Waals surface area contributed by atoms with Crippen LogP contribution in [0.4, 0.5) is 16.4 Å². The van der Waals surface area contributed by atoms with Crippen LogP contribution in [0.3, 0.4) is 0 Å². The maximum Gasteiger partial charge on any atom is 0.325 e. The third kappa shape index (κ3) is 4.78. The standard InChI is InChI=1S/C25H25N7O2S/c1-25(2)22(33)31-24(34)32(25)12-11-28-23-27-10-7-19(30-23)21-14-17-13-18(3-4-20(17)35-21)29-15-16-5-8-26-9-6-16/h3-10,13-14,29H,11-12,15H2,1-2H3,(H,27,28,30)(H,31,33,34). The number of benzene rings is 1. The van der Waals surface area contributed by atoms with E-state index in [9.17, 15) is 9.59 Å². The average molecular weight is 488 g/mol. The lowest BCUT2D eigenvalue weighted by Gasteiger charge is -2.27. The lowest BCUT2D eigenvalue weighted by Crippen LogP contribution is -2.46. The Labute approximate surface area is 206 Å². The fourth-order valence-electron chi connectivity index (χ4n) is 3.92. The quantitative estimate of drug-likeness (QED) is 0.321. The van der Waals surface area contributed by atoms with Gasteiger partial charge in [-0.05, 0) is 67.3 Å². The Balaban J connectivity index is 1.25. The molecule has 10 heteroatoms. The number of rotatable bonds is 8. The molecule has 5 rings (SSSR count). The molecule has 4 heterocycles. The van der Waals surface area contributed by atoms with Gasteiger partial charge in [-0.25, -0.2) is 14.8 Å². The SMILES string of the molecule is CC1(C)C(=O)NC(=O)N1CCNc1nccc(-c2cc3cc(NCc4ccncc4)ccc3s2)n1. The lowest BCUT2D eigenvalue weighted by atomic mass is 10.0. The van der Waals surface area contributed by atoms with Crippen molar-refractivity contribution in [3.05, 3.63) is 66.6 Å². The predicted octanol–water partition coefficient (Wildman–Crippen LogP) is 4.11. The van der Waals surface area contributed by atoms with Crippen LogP contribution in [-0.2, 0) is 11.3 Å². The van der Waals surface area contributed by atoms with Crippen LogP contribution < -0.4 is 16.0 Å². The molecule has 0 saturated carbocycles. The summed E-state index contributed by atoms with van der Waals surface area (Å²) in [7, 11) is 0. The second-order valence-corrected chi connectivity index (χ2v) is 9.82. The van der Waals surface area contributed by atoms with E-state index in [0.29, 0.717) is 19.0 Å². The third-order valence-corrected chi connectivity index (χ3v) is 7.12. The monoisotopic (exact) mass is 487 g/mol. The molecule has 3 aromatic heterocycles. The van der Waals surface area contributed by atoms with Gasteiger partial charge >= 0.3 is 6.03 Å². The summed E-state index contributed by atoms with van der Waals surface area (Å²) in [4.78, 5) is 39.5. The number of pyridine rings is 1. The number of urea groups is 1. The number of anilines is 2. The summed E-state index contributed by atoms with van der Waals surface area (Å²) in [5.74, 6) is 0.185. The fraction of sp³-hybridized carbons (Fsp3) is 0.240. The second kappa shape index (κ2) is 9.30. The van der Waals surface area contributed by atoms with Crippen LogP contribution >= 0.6 is 11.3 Å². The van der Waals surface area contributed by atoms with Crippen molar-refractivity contribution in [1.29, 1.82) is 0 Å². The number of nitrogens with zero attached hydrogens (tertiary/aromatic N) is 4. The number of carbonyl (C=O) groups is 2. The average Bonchev–Trinajstić information content (AvgIpc) is 3.37. The number of imide groups is 1. The van der Waals surface area contributed by atoms with E-state index in [1.807, 2.05) is 18.2 Å². The molecule has 1 aliphatic rings. The molecule has 4 aromatic rings. The van der Waals surface area contributed by atoms with E-state index in [4.69, 9.17) is 0 Å². The fourth-order valence-corrected chi connectivity index (χ4v) is 4.93. The Morgan fingerprint density at radius 2 is 1.86 bits per heavy atom. The van der Waals surface area contributed by atoms with E-state index in [1.165, 1.54) is 15.2 Å². The molecule has 35 heavy (non-hydrogen) atoms. The Bertz CT molecular complexity index is 1390. The first kappa shape index (κ1) is 22.7. The number of aromatic nitrogens is 3. The number of thiophene rings is 1. The summed E-state index contributed by atoms with van der Waals surface area (Å²) in [6.45, 7) is 4.97. The first-order chi connectivity index (χ1) is 16.9. The summed E-state index contributed by atoms with van der Waals surface area (Å²) in [6.07, 6.45) is 5.30. The molecule has 3 amide bonds. The van der Waals surface area contributed by atoms with Gasteiger partial charge in [0, 0.05) is 48.6 Å². The molecule has 0 bridgehead atoms. The van der Waals surface area contributed by atoms with Gasteiger partial charge in [-0.1, -0.05) is 0 Å². The van der Waals surface area contributed by atoms with Gasteiger partial charge in [0.15, 0.2) is 0 Å². The molecule has 1 saturated heterocycles. The van der Waals surface area contributed by atoms with Gasteiger partial charge in [0.25, 0.3) is 5.91 Å². The van der Waals surface area contributed by atoms with Crippen molar-refractivity contribution in [1.82, 2.24) is 25.2 Å². The topological polar surface area (TPSA) is 112 Å². The Kier molecular flexibility index (Phi) is 6.04. The highest BCUT2D eigenvalue weighted by Gasteiger charge is 2.45. The van der Waals surface area contributed by atoms with Crippen LogP contribution in [0, 0.1) is 0 Å². The molecule has 1 aromatic carbocycles. The van der Waals surface area contributed by atoms with Crippen molar-refractivity contribution in [3.8, 4) is 10.6 Å². The van der Waals surface area contributed by atoms with Gasteiger partial charge in [0.1, 0.15) is 5.54 Å². The highest BCUT2D eigenvalue weighted by atomic mass is 32.1. The Hall–Kier alpha value is -4.05. The predicted molar refractivity (Wildman–Crippen MR) is 137 cm³/mol. The minimum atomic E-state index is -0.870. The van der Waals surface area contributed by atoms with Crippen LogP contribution in [0.5, 0.6) is 0 Å². The smallest absolute Gasteiger partial charge is 0.325 e. The zero-order chi connectivity index (χ0) is 24.4. The minimum Gasteiger partial charge on any atom is -0.381 e. The zero-order valence-corrected chi connectivity index (χ0v) is 20.2. The summed E-state index contributed by atoms with van der Waals surface area (Å²) in [5, 5.41) is 10.1. The normalized spacial score (nSPS) is 14.9. The van der Waals surface area contributed by atoms with Crippen molar-refractivity contribution < 1.29 is 9.59 Å².